The summed E-state index contributed by atoms with van der Waals surface area (Å²) in [7, 11) is 0. The maximum atomic E-state index is 9.60. The van der Waals surface area contributed by atoms with Crippen molar-refractivity contribution < 1.29 is 9.84 Å². The van der Waals surface area contributed by atoms with Crippen LogP contribution in [-0.2, 0) is 0 Å². The molecule has 0 fully saturated rings. The second kappa shape index (κ2) is 15.8. The SMILES string of the molecule is CCCCCCCCCCCCCCCCOc1cc(Br)c(O)cc1Br. The maximum absolute atomic E-state index is 9.60. The molecule has 0 saturated heterocycles. The van der Waals surface area contributed by atoms with Crippen molar-refractivity contribution in [1.82, 2.24) is 0 Å². The highest BCUT2D eigenvalue weighted by Gasteiger charge is 2.06. The van der Waals surface area contributed by atoms with E-state index in [2.05, 4.69) is 38.8 Å². The van der Waals surface area contributed by atoms with Crippen LogP contribution >= 0.6 is 31.9 Å². The first-order valence-corrected chi connectivity index (χ1v) is 12.0. The molecule has 2 nitrogen and oxygen atoms in total. The van der Waals surface area contributed by atoms with Crippen LogP contribution in [0.5, 0.6) is 11.5 Å². The predicted molar refractivity (Wildman–Crippen MR) is 119 cm³/mol. The molecule has 4 heteroatoms. The number of hydrogen-bond donors (Lipinski definition) is 1. The molecule has 26 heavy (non-hydrogen) atoms. The third kappa shape index (κ3) is 11.5. The number of phenolic OH excluding ortho intramolecular Hbond substituents is 1. The summed E-state index contributed by atoms with van der Waals surface area (Å²) < 4.78 is 7.25. The van der Waals surface area contributed by atoms with Crippen molar-refractivity contribution in [2.45, 2.75) is 96.8 Å². The molecule has 0 aromatic heterocycles. The summed E-state index contributed by atoms with van der Waals surface area (Å²) in [6.45, 7) is 3.01. The third-order valence-corrected chi connectivity index (χ3v) is 6.01. The second-order valence-electron chi connectivity index (χ2n) is 7.18. The van der Waals surface area contributed by atoms with E-state index in [1.165, 1.54) is 83.5 Å². The Balaban J connectivity index is 1.87. The van der Waals surface area contributed by atoms with Gasteiger partial charge >= 0.3 is 0 Å². The molecule has 0 atom stereocenters. The number of ether oxygens (including phenoxy) is 1. The van der Waals surface area contributed by atoms with E-state index in [-0.39, 0.29) is 5.75 Å². The summed E-state index contributed by atoms with van der Waals surface area (Å²) in [5, 5.41) is 9.60. The molecular weight excluding hydrogens is 456 g/mol. The highest BCUT2D eigenvalue weighted by molar-refractivity contribution is 9.11. The van der Waals surface area contributed by atoms with E-state index in [1.54, 1.807) is 6.07 Å². The first-order chi connectivity index (χ1) is 12.6. The zero-order chi connectivity index (χ0) is 19.0. The molecule has 0 radical (unpaired) electrons. The number of halogens is 2. The lowest BCUT2D eigenvalue weighted by Crippen LogP contribution is -1.98. The van der Waals surface area contributed by atoms with Crippen molar-refractivity contribution in [3.8, 4) is 11.5 Å². The van der Waals surface area contributed by atoms with Crippen molar-refractivity contribution in [3.05, 3.63) is 21.1 Å². The number of aromatic hydroxyl groups is 1. The van der Waals surface area contributed by atoms with Gasteiger partial charge in [0.05, 0.1) is 15.6 Å². The molecule has 0 spiro atoms. The minimum absolute atomic E-state index is 0.223. The average molecular weight is 492 g/mol. The monoisotopic (exact) mass is 490 g/mol. The van der Waals surface area contributed by atoms with E-state index < -0.39 is 0 Å². The largest absolute Gasteiger partial charge is 0.507 e. The number of hydrogen-bond acceptors (Lipinski definition) is 2. The van der Waals surface area contributed by atoms with E-state index in [0.29, 0.717) is 4.47 Å². The summed E-state index contributed by atoms with van der Waals surface area (Å²) in [5.41, 5.74) is 0. The molecule has 0 aliphatic rings. The highest BCUT2D eigenvalue weighted by Crippen LogP contribution is 2.35. The molecule has 1 aromatic rings. The van der Waals surface area contributed by atoms with Crippen molar-refractivity contribution in [2.75, 3.05) is 6.61 Å². The number of phenols is 1. The Labute approximate surface area is 177 Å². The van der Waals surface area contributed by atoms with Gasteiger partial charge in [0.2, 0.25) is 0 Å². The van der Waals surface area contributed by atoms with Crippen molar-refractivity contribution in [2.24, 2.45) is 0 Å². The smallest absolute Gasteiger partial charge is 0.134 e. The quantitative estimate of drug-likeness (QED) is 0.234. The molecule has 0 heterocycles. The predicted octanol–water partition coefficient (Wildman–Crippen LogP) is 8.78. The molecule has 1 aromatic carbocycles. The van der Waals surface area contributed by atoms with Crippen LogP contribution in [-0.4, -0.2) is 11.7 Å². The molecule has 0 saturated carbocycles. The van der Waals surface area contributed by atoms with E-state index in [1.807, 2.05) is 6.07 Å². The van der Waals surface area contributed by atoms with Crippen molar-refractivity contribution in [3.63, 3.8) is 0 Å². The van der Waals surface area contributed by atoms with E-state index in [4.69, 9.17) is 4.74 Å². The summed E-state index contributed by atoms with van der Waals surface area (Å²) in [4.78, 5) is 0. The van der Waals surface area contributed by atoms with E-state index in [0.717, 1.165) is 23.2 Å². The summed E-state index contributed by atoms with van der Waals surface area (Å²) >= 11 is 6.74. The van der Waals surface area contributed by atoms with Gasteiger partial charge in [0.1, 0.15) is 11.5 Å². The molecule has 1 rings (SSSR count). The summed E-state index contributed by atoms with van der Waals surface area (Å²) in [6.07, 6.45) is 19.1. The van der Waals surface area contributed by atoms with Gasteiger partial charge in [0.15, 0.2) is 0 Å². The van der Waals surface area contributed by atoms with Gasteiger partial charge in [-0.2, -0.15) is 0 Å². The average Bonchev–Trinajstić information content (AvgIpc) is 2.62. The standard InChI is InChI=1S/C22H36Br2O2/c1-2-3-4-5-6-7-8-9-10-11-12-13-14-15-16-26-22-18-19(23)21(25)17-20(22)24/h17-18,25H,2-16H2,1H3. The maximum Gasteiger partial charge on any atom is 0.134 e. The van der Waals surface area contributed by atoms with Gasteiger partial charge in [-0.1, -0.05) is 90.4 Å². The Morgan fingerprint density at radius 2 is 1.15 bits per heavy atom. The molecule has 0 amide bonds. The van der Waals surface area contributed by atoms with Crippen LogP contribution in [0.4, 0.5) is 0 Å². The zero-order valence-electron chi connectivity index (χ0n) is 16.4. The Morgan fingerprint density at radius 3 is 1.65 bits per heavy atom. The first kappa shape index (κ1) is 23.8. The van der Waals surface area contributed by atoms with Gasteiger partial charge in [-0.25, -0.2) is 0 Å². The Morgan fingerprint density at radius 1 is 0.692 bits per heavy atom. The van der Waals surface area contributed by atoms with E-state index >= 15 is 0 Å². The third-order valence-electron chi connectivity index (χ3n) is 4.76. The Bertz CT molecular complexity index is 477. The summed E-state index contributed by atoms with van der Waals surface area (Å²) in [5.74, 6) is 1.00. The molecule has 150 valence electrons. The molecule has 0 aliphatic carbocycles. The van der Waals surface area contributed by atoms with Crippen LogP contribution in [0.3, 0.4) is 0 Å². The van der Waals surface area contributed by atoms with Gasteiger partial charge in [-0.05, 0) is 50.4 Å². The Kier molecular flexibility index (Phi) is 14.5. The molecule has 0 unspecified atom stereocenters. The van der Waals surface area contributed by atoms with Gasteiger partial charge in [0.25, 0.3) is 0 Å². The normalized spacial score (nSPS) is 11.0. The van der Waals surface area contributed by atoms with Crippen LogP contribution in [0.25, 0.3) is 0 Å². The fourth-order valence-electron chi connectivity index (χ4n) is 3.11. The fraction of sp³-hybridized carbons (Fsp3) is 0.727. The number of benzene rings is 1. The minimum Gasteiger partial charge on any atom is -0.507 e. The van der Waals surface area contributed by atoms with Gasteiger partial charge in [-0.3, -0.25) is 0 Å². The van der Waals surface area contributed by atoms with Crippen LogP contribution in [0.1, 0.15) is 96.8 Å². The Hall–Kier alpha value is -0.220. The van der Waals surface area contributed by atoms with Gasteiger partial charge in [-0.15, -0.1) is 0 Å². The fourth-order valence-corrected chi connectivity index (χ4v) is 3.88. The highest BCUT2D eigenvalue weighted by atomic mass is 79.9. The molecule has 0 aliphatic heterocycles. The van der Waals surface area contributed by atoms with Gasteiger partial charge in [0, 0.05) is 0 Å². The number of unbranched alkanes of at least 4 members (excludes halogenated alkanes) is 13. The van der Waals surface area contributed by atoms with E-state index in [9.17, 15) is 5.11 Å². The van der Waals surface area contributed by atoms with Crippen LogP contribution in [0.2, 0.25) is 0 Å². The lowest BCUT2D eigenvalue weighted by Gasteiger charge is -2.09. The zero-order valence-corrected chi connectivity index (χ0v) is 19.5. The van der Waals surface area contributed by atoms with Crippen LogP contribution in [0, 0.1) is 0 Å². The molecular formula is C22H36Br2O2. The van der Waals surface area contributed by atoms with Crippen molar-refractivity contribution >= 4 is 31.9 Å². The summed E-state index contributed by atoms with van der Waals surface area (Å²) in [6, 6.07) is 3.47. The lowest BCUT2D eigenvalue weighted by molar-refractivity contribution is 0.301. The second-order valence-corrected chi connectivity index (χ2v) is 8.89. The first-order valence-electron chi connectivity index (χ1n) is 10.5. The van der Waals surface area contributed by atoms with Gasteiger partial charge < -0.3 is 9.84 Å². The van der Waals surface area contributed by atoms with Crippen LogP contribution < -0.4 is 4.74 Å². The molecule has 1 N–H and O–H groups in total. The number of rotatable bonds is 16. The topological polar surface area (TPSA) is 29.5 Å². The lowest BCUT2D eigenvalue weighted by atomic mass is 10.0. The van der Waals surface area contributed by atoms with Crippen molar-refractivity contribution in [1.29, 1.82) is 0 Å². The minimum atomic E-state index is 0.223. The molecule has 0 bridgehead atoms. The van der Waals surface area contributed by atoms with Crippen LogP contribution in [0.15, 0.2) is 21.1 Å².